The van der Waals surface area contributed by atoms with E-state index in [2.05, 4.69) is 4.72 Å². The third-order valence-corrected chi connectivity index (χ3v) is 3.98. The summed E-state index contributed by atoms with van der Waals surface area (Å²) in [7, 11) is -0.489. The van der Waals surface area contributed by atoms with Crippen molar-refractivity contribution in [2.75, 3.05) is 27.2 Å². The number of halogens is 2. The number of hydrogen-bond acceptors (Lipinski definition) is 4. The monoisotopic (exact) mass is 322 g/mol. The van der Waals surface area contributed by atoms with E-state index in [1.807, 2.05) is 0 Å². The Morgan fingerprint density at radius 2 is 1.81 bits per heavy atom. The number of nitrogens with one attached hydrogen (secondary N) is 1. The Morgan fingerprint density at radius 3 is 2.29 bits per heavy atom. The van der Waals surface area contributed by atoms with Gasteiger partial charge in [0.1, 0.15) is 11.6 Å². The Morgan fingerprint density at radius 1 is 1.29 bits per heavy atom. The molecule has 2 N–H and O–H groups in total. The van der Waals surface area contributed by atoms with Crippen LogP contribution in [0.4, 0.5) is 8.78 Å². The molecule has 0 aliphatic heterocycles. The lowest BCUT2D eigenvalue weighted by Gasteiger charge is -2.27. The van der Waals surface area contributed by atoms with Gasteiger partial charge in [0, 0.05) is 18.7 Å². The quantitative estimate of drug-likeness (QED) is 0.775. The fourth-order valence-electron chi connectivity index (χ4n) is 1.91. The predicted molar refractivity (Wildman–Crippen MR) is 76.2 cm³/mol. The molecule has 1 aromatic carbocycles. The molecule has 0 bridgehead atoms. The second kappa shape index (κ2) is 6.78. The molecule has 21 heavy (non-hydrogen) atoms. The van der Waals surface area contributed by atoms with E-state index < -0.39 is 38.6 Å². The van der Waals surface area contributed by atoms with E-state index in [0.717, 1.165) is 18.2 Å². The van der Waals surface area contributed by atoms with Crippen molar-refractivity contribution in [3.05, 3.63) is 35.4 Å². The normalized spacial score (nSPS) is 15.2. The van der Waals surface area contributed by atoms with E-state index in [4.69, 9.17) is 0 Å². The molecule has 1 rings (SSSR count). The van der Waals surface area contributed by atoms with Crippen LogP contribution in [0.3, 0.4) is 0 Å². The topological polar surface area (TPSA) is 69.6 Å². The van der Waals surface area contributed by atoms with Crippen molar-refractivity contribution in [3.8, 4) is 0 Å². The van der Waals surface area contributed by atoms with E-state index in [0.29, 0.717) is 0 Å². The zero-order valence-corrected chi connectivity index (χ0v) is 13.0. The minimum atomic E-state index is -3.96. The Hall–Kier alpha value is -1.09. The highest BCUT2D eigenvalue weighted by molar-refractivity contribution is 7.88. The summed E-state index contributed by atoms with van der Waals surface area (Å²) in [5.41, 5.74) is -1.80. The molecular weight excluding hydrogens is 302 g/mol. The first-order valence-electron chi connectivity index (χ1n) is 6.30. The van der Waals surface area contributed by atoms with Crippen LogP contribution in [-0.2, 0) is 15.8 Å². The summed E-state index contributed by atoms with van der Waals surface area (Å²) in [6, 6.07) is 3.16. The lowest BCUT2D eigenvalue weighted by Crippen LogP contribution is -2.47. The lowest BCUT2D eigenvalue weighted by atomic mass is 10.1. The first kappa shape index (κ1) is 18.0. The molecular formula is C13H20F2N2O3S. The molecule has 8 heteroatoms. The summed E-state index contributed by atoms with van der Waals surface area (Å²) < 4.78 is 52.8. The third-order valence-electron chi connectivity index (χ3n) is 2.73. The number of sulfonamides is 1. The van der Waals surface area contributed by atoms with Crippen LogP contribution in [0.1, 0.15) is 12.5 Å². The average molecular weight is 322 g/mol. The van der Waals surface area contributed by atoms with Crippen LogP contribution >= 0.6 is 0 Å². The van der Waals surface area contributed by atoms with Gasteiger partial charge in [-0.2, -0.15) is 0 Å². The molecule has 1 aromatic rings. The van der Waals surface area contributed by atoms with Crippen LogP contribution in [0.5, 0.6) is 0 Å². The summed E-state index contributed by atoms with van der Waals surface area (Å²) >= 11 is 0. The molecule has 0 aliphatic rings. The highest BCUT2D eigenvalue weighted by atomic mass is 32.2. The van der Waals surface area contributed by atoms with Gasteiger partial charge in [0.15, 0.2) is 0 Å². The van der Waals surface area contributed by atoms with Crippen LogP contribution in [0.2, 0.25) is 0 Å². The number of hydrogen-bond donors (Lipinski definition) is 2. The van der Waals surface area contributed by atoms with Gasteiger partial charge in [-0.3, -0.25) is 0 Å². The van der Waals surface area contributed by atoms with Crippen LogP contribution in [0, 0.1) is 11.6 Å². The summed E-state index contributed by atoms with van der Waals surface area (Å²) in [6.07, 6.45) is 0. The van der Waals surface area contributed by atoms with E-state index in [-0.39, 0.29) is 13.1 Å². The maximum Gasteiger partial charge on any atom is 0.216 e. The van der Waals surface area contributed by atoms with Gasteiger partial charge in [0.2, 0.25) is 10.0 Å². The van der Waals surface area contributed by atoms with E-state index in [1.165, 1.54) is 6.92 Å². The first-order valence-corrected chi connectivity index (χ1v) is 7.95. The smallest absolute Gasteiger partial charge is 0.216 e. The van der Waals surface area contributed by atoms with Gasteiger partial charge >= 0.3 is 0 Å². The maximum atomic E-state index is 13.4. The van der Waals surface area contributed by atoms with Crippen LogP contribution in [0.25, 0.3) is 0 Å². The molecule has 0 aromatic heterocycles. The minimum Gasteiger partial charge on any atom is -0.387 e. The van der Waals surface area contributed by atoms with Gasteiger partial charge in [0.25, 0.3) is 0 Å². The molecule has 5 nitrogen and oxygen atoms in total. The van der Waals surface area contributed by atoms with Gasteiger partial charge in [0.05, 0.1) is 11.4 Å². The molecule has 0 aliphatic carbocycles. The Labute approximate surface area is 123 Å². The molecule has 0 fully saturated rings. The van der Waals surface area contributed by atoms with Crippen molar-refractivity contribution in [2.24, 2.45) is 0 Å². The third kappa shape index (κ3) is 6.04. The molecule has 0 radical (unpaired) electrons. The molecule has 0 amide bonds. The molecule has 0 heterocycles. The summed E-state index contributed by atoms with van der Waals surface area (Å²) in [5, 5.41) is 10.0. The number of benzene rings is 1. The average Bonchev–Trinajstić information content (AvgIpc) is 2.31. The van der Waals surface area contributed by atoms with E-state index in [1.54, 1.807) is 19.0 Å². The summed E-state index contributed by atoms with van der Waals surface area (Å²) in [4.78, 5) is 1.70. The Kier molecular flexibility index (Phi) is 5.80. The molecule has 1 atom stereocenters. The largest absolute Gasteiger partial charge is 0.387 e. The standard InChI is InChI=1S/C13H20F2N2O3S/c1-13(18,9-17(2)3)8-16-21(19,20)7-10-11(14)5-4-6-12(10)15/h4-6,16,18H,7-9H2,1-3H3. The second-order valence-electron chi connectivity index (χ2n) is 5.52. The highest BCUT2D eigenvalue weighted by Gasteiger charge is 2.25. The van der Waals surface area contributed by atoms with Crippen LogP contribution < -0.4 is 4.72 Å². The van der Waals surface area contributed by atoms with Crippen molar-refractivity contribution in [2.45, 2.75) is 18.3 Å². The van der Waals surface area contributed by atoms with E-state index in [9.17, 15) is 22.3 Å². The molecule has 120 valence electrons. The molecule has 0 spiro atoms. The molecule has 1 unspecified atom stereocenters. The number of aliphatic hydroxyl groups is 1. The maximum absolute atomic E-state index is 13.4. The van der Waals surface area contributed by atoms with Crippen molar-refractivity contribution in [3.63, 3.8) is 0 Å². The van der Waals surface area contributed by atoms with Gasteiger partial charge in [-0.25, -0.2) is 21.9 Å². The Bertz CT molecular complexity index is 569. The number of likely N-dealkylation sites (N-methyl/N-ethyl adjacent to an activating group) is 1. The molecule has 0 saturated carbocycles. The van der Waals surface area contributed by atoms with Crippen LogP contribution in [0.15, 0.2) is 18.2 Å². The second-order valence-corrected chi connectivity index (χ2v) is 7.32. The van der Waals surface area contributed by atoms with Gasteiger partial charge in [-0.05, 0) is 33.2 Å². The number of nitrogens with zero attached hydrogens (tertiary/aromatic N) is 1. The zero-order valence-electron chi connectivity index (χ0n) is 12.2. The fourth-order valence-corrected chi connectivity index (χ4v) is 3.20. The molecule has 0 saturated heterocycles. The summed E-state index contributed by atoms with van der Waals surface area (Å²) in [5.74, 6) is -2.65. The minimum absolute atomic E-state index is 0.240. The van der Waals surface area contributed by atoms with Crippen molar-refractivity contribution in [1.82, 2.24) is 9.62 Å². The van der Waals surface area contributed by atoms with Crippen molar-refractivity contribution < 1.29 is 22.3 Å². The SMILES string of the molecule is CN(C)CC(C)(O)CNS(=O)(=O)Cc1c(F)cccc1F. The fraction of sp³-hybridized carbons (Fsp3) is 0.538. The van der Waals surface area contributed by atoms with Crippen LogP contribution in [-0.4, -0.2) is 51.2 Å². The van der Waals surface area contributed by atoms with Gasteiger partial charge in [-0.1, -0.05) is 6.07 Å². The first-order chi connectivity index (χ1) is 9.52. The van der Waals surface area contributed by atoms with Crippen molar-refractivity contribution >= 4 is 10.0 Å². The van der Waals surface area contributed by atoms with Gasteiger partial charge in [-0.15, -0.1) is 0 Å². The zero-order chi connectivity index (χ0) is 16.3. The predicted octanol–water partition coefficient (Wildman–Crippen LogP) is 0.697. The van der Waals surface area contributed by atoms with Gasteiger partial charge < -0.3 is 10.0 Å². The highest BCUT2D eigenvalue weighted by Crippen LogP contribution is 2.15. The van der Waals surface area contributed by atoms with E-state index >= 15 is 0 Å². The Balaban J connectivity index is 2.75. The summed E-state index contributed by atoms with van der Waals surface area (Å²) in [6.45, 7) is 1.46. The van der Waals surface area contributed by atoms with Crippen molar-refractivity contribution in [1.29, 1.82) is 0 Å². The lowest BCUT2D eigenvalue weighted by molar-refractivity contribution is 0.0386. The number of rotatable bonds is 7.